The van der Waals surface area contributed by atoms with Crippen LogP contribution < -0.4 is 19.6 Å². The number of hydrogen-bond acceptors (Lipinski definition) is 4. The van der Waals surface area contributed by atoms with E-state index < -0.39 is 0 Å². The van der Waals surface area contributed by atoms with Crippen LogP contribution in [-0.2, 0) is 0 Å². The second-order valence-electron chi connectivity index (χ2n) is 30.8. The molecule has 0 N–H and O–H groups in total. The number of hydrogen-bond donors (Lipinski definition) is 0. The standard InChI is InChI=1S/2C60H44N2/c1-5-15-45(16-6-1)49-27-35-55(36-28-49)61(56-37-29-50(30-38-56)46-17-7-2-8-18-46)59-25-13-23-53(43-59)54-24-14-26-60(44-54)62(57-39-31-51(32-40-57)47-19-9-3-10-20-47)58-41-33-52(34-42-58)48-21-11-4-12-22-48;1-5-14-45(15-6-1)49-24-34-55(35-25-49)61(56-36-26-50(27-37-56)46-16-7-2-8-17-46)57-42-32-53(33-43-57)54-22-13-23-60(44-54)62(58-38-28-51(29-39-58)47-18-9-3-10-19-47)59-40-30-52(31-41-59)48-20-11-4-12-21-48/h2*1-44H. The van der Waals surface area contributed by atoms with Gasteiger partial charge in [0.05, 0.1) is 0 Å². The van der Waals surface area contributed by atoms with Crippen LogP contribution in [0.4, 0.5) is 68.2 Å². The lowest BCUT2D eigenvalue weighted by Gasteiger charge is -2.27. The van der Waals surface area contributed by atoms with Crippen molar-refractivity contribution in [3.05, 3.63) is 534 Å². The van der Waals surface area contributed by atoms with Crippen molar-refractivity contribution in [1.82, 2.24) is 0 Å². The fourth-order valence-corrected chi connectivity index (χ4v) is 16.5. The van der Waals surface area contributed by atoms with Gasteiger partial charge in [0.25, 0.3) is 0 Å². The van der Waals surface area contributed by atoms with Crippen molar-refractivity contribution in [3.63, 3.8) is 0 Å². The molecule has 0 saturated carbocycles. The normalized spacial score (nSPS) is 10.9. The smallest absolute Gasteiger partial charge is 0.0467 e. The van der Waals surface area contributed by atoms with E-state index >= 15 is 0 Å². The molecule has 0 saturated heterocycles. The van der Waals surface area contributed by atoms with Gasteiger partial charge in [-0.3, -0.25) is 0 Å². The van der Waals surface area contributed by atoms with E-state index in [1.165, 1.54) is 89.0 Å². The molecule has 0 unspecified atom stereocenters. The molecule has 0 aromatic heterocycles. The largest absolute Gasteiger partial charge is 0.311 e. The minimum absolute atomic E-state index is 1.08. The van der Waals surface area contributed by atoms with Crippen molar-refractivity contribution >= 4 is 68.2 Å². The Balaban J connectivity index is 0.000000163. The summed E-state index contributed by atoms with van der Waals surface area (Å²) in [5, 5.41) is 0. The molecule has 0 fully saturated rings. The van der Waals surface area contributed by atoms with E-state index in [9.17, 15) is 0 Å². The summed E-state index contributed by atoms with van der Waals surface area (Å²) in [5.74, 6) is 0. The third-order valence-electron chi connectivity index (χ3n) is 23.0. The Kier molecular flexibility index (Phi) is 23.0. The second kappa shape index (κ2) is 36.9. The molecular formula is C120H88N4. The zero-order chi connectivity index (χ0) is 83.0. The summed E-state index contributed by atoms with van der Waals surface area (Å²) < 4.78 is 0. The van der Waals surface area contributed by atoms with Gasteiger partial charge in [0.2, 0.25) is 0 Å². The van der Waals surface area contributed by atoms with Crippen LogP contribution in [0.25, 0.3) is 111 Å². The SMILES string of the molecule is c1ccc(-c2ccc(N(c3ccc(-c4ccccc4)cc3)c3ccc(-c4cccc(N(c5ccc(-c6ccccc6)cc5)c5ccc(-c6ccccc6)cc5)c4)cc3)cc2)cc1.c1ccc(-c2ccc(N(c3ccc(-c4ccccc4)cc3)c3cccc(-c4cccc(N(c5ccc(-c6ccccc6)cc5)c5ccc(-c6ccccc6)cc5)c4)c3)cc2)cc1. The minimum Gasteiger partial charge on any atom is -0.311 e. The Morgan fingerprint density at radius 2 is 0.177 bits per heavy atom. The van der Waals surface area contributed by atoms with Crippen molar-refractivity contribution in [3.8, 4) is 111 Å². The fourth-order valence-electron chi connectivity index (χ4n) is 16.5. The average Bonchev–Trinajstić information content (AvgIpc) is 0.788. The van der Waals surface area contributed by atoms with E-state index in [2.05, 4.69) is 553 Å². The van der Waals surface area contributed by atoms with Gasteiger partial charge in [-0.25, -0.2) is 0 Å². The number of rotatable bonds is 22. The number of anilines is 12. The van der Waals surface area contributed by atoms with Crippen molar-refractivity contribution in [1.29, 1.82) is 0 Å². The van der Waals surface area contributed by atoms with Gasteiger partial charge in [0, 0.05) is 68.2 Å². The van der Waals surface area contributed by atoms with Gasteiger partial charge in [0.1, 0.15) is 0 Å². The fraction of sp³-hybridized carbons (Fsp3) is 0. The number of benzene rings is 20. The molecule has 4 heteroatoms. The van der Waals surface area contributed by atoms with Crippen LogP contribution in [0, 0.1) is 0 Å². The van der Waals surface area contributed by atoms with E-state index in [0.29, 0.717) is 0 Å². The average molecular weight is 1590 g/mol. The third kappa shape index (κ3) is 17.7. The Labute approximate surface area is 728 Å². The van der Waals surface area contributed by atoms with Gasteiger partial charge in [-0.2, -0.15) is 0 Å². The zero-order valence-electron chi connectivity index (χ0n) is 68.6. The summed E-state index contributed by atoms with van der Waals surface area (Å²) >= 11 is 0. The molecule has 0 spiro atoms. The van der Waals surface area contributed by atoms with Gasteiger partial charge >= 0.3 is 0 Å². The van der Waals surface area contributed by atoms with Crippen LogP contribution in [0.5, 0.6) is 0 Å². The third-order valence-corrected chi connectivity index (χ3v) is 23.0. The van der Waals surface area contributed by atoms with E-state index in [0.717, 1.165) is 90.5 Å². The molecule has 20 aromatic carbocycles. The highest BCUT2D eigenvalue weighted by Crippen LogP contribution is 2.45. The maximum absolute atomic E-state index is 2.35. The van der Waals surface area contributed by atoms with Crippen LogP contribution in [0.2, 0.25) is 0 Å². The zero-order valence-corrected chi connectivity index (χ0v) is 68.6. The Morgan fingerprint density at radius 3 is 0.323 bits per heavy atom. The molecule has 0 aliphatic carbocycles. The minimum atomic E-state index is 1.08. The van der Waals surface area contributed by atoms with E-state index in [-0.39, 0.29) is 0 Å². The number of nitrogens with zero attached hydrogens (tertiary/aromatic N) is 4. The van der Waals surface area contributed by atoms with Crippen LogP contribution in [-0.4, -0.2) is 0 Å². The molecule has 0 heterocycles. The molecule has 20 rings (SSSR count). The molecule has 588 valence electrons. The lowest BCUT2D eigenvalue weighted by atomic mass is 10.0. The first-order valence-electron chi connectivity index (χ1n) is 42.3. The van der Waals surface area contributed by atoms with E-state index in [1.807, 2.05) is 0 Å². The van der Waals surface area contributed by atoms with Gasteiger partial charge in [-0.1, -0.05) is 388 Å². The highest BCUT2D eigenvalue weighted by molar-refractivity contribution is 5.89. The molecule has 0 amide bonds. The quantitative estimate of drug-likeness (QED) is 0.0670. The van der Waals surface area contributed by atoms with Crippen LogP contribution in [0.1, 0.15) is 0 Å². The predicted molar refractivity (Wildman–Crippen MR) is 526 cm³/mol. The van der Waals surface area contributed by atoms with Crippen LogP contribution in [0.15, 0.2) is 534 Å². The highest BCUT2D eigenvalue weighted by Gasteiger charge is 2.21. The highest BCUT2D eigenvalue weighted by atomic mass is 15.2. The Morgan fingerprint density at radius 1 is 0.0726 bits per heavy atom. The first kappa shape index (κ1) is 77.5. The van der Waals surface area contributed by atoms with E-state index in [1.54, 1.807) is 0 Å². The van der Waals surface area contributed by atoms with Crippen molar-refractivity contribution in [2.75, 3.05) is 19.6 Å². The van der Waals surface area contributed by atoms with Crippen molar-refractivity contribution in [2.24, 2.45) is 0 Å². The molecule has 0 atom stereocenters. The van der Waals surface area contributed by atoms with Gasteiger partial charge in [-0.05, 0) is 257 Å². The molecule has 0 bridgehead atoms. The van der Waals surface area contributed by atoms with Crippen molar-refractivity contribution in [2.45, 2.75) is 0 Å². The maximum atomic E-state index is 2.35. The predicted octanol–water partition coefficient (Wildman–Crippen LogP) is 33.9. The molecular weight excluding hydrogens is 1500 g/mol. The molecule has 20 aromatic rings. The molecule has 124 heavy (non-hydrogen) atoms. The monoisotopic (exact) mass is 1580 g/mol. The lowest BCUT2D eigenvalue weighted by molar-refractivity contribution is 1.28. The summed E-state index contributed by atoms with van der Waals surface area (Å²) in [6.07, 6.45) is 0. The van der Waals surface area contributed by atoms with Gasteiger partial charge in [-0.15, -0.1) is 0 Å². The Hall–Kier alpha value is -16.4. The topological polar surface area (TPSA) is 13.0 Å². The Bertz CT molecular complexity index is 6290. The summed E-state index contributed by atoms with van der Waals surface area (Å²) in [5.41, 5.74) is 36.8. The molecule has 4 nitrogen and oxygen atoms in total. The maximum Gasteiger partial charge on any atom is 0.0467 e. The first-order chi connectivity index (χ1) is 61.5. The summed E-state index contributed by atoms with van der Waals surface area (Å²) in [6.45, 7) is 0. The second-order valence-corrected chi connectivity index (χ2v) is 30.8. The summed E-state index contributed by atoms with van der Waals surface area (Å²) in [4.78, 5) is 9.39. The first-order valence-corrected chi connectivity index (χ1v) is 42.3. The van der Waals surface area contributed by atoms with Crippen LogP contribution >= 0.6 is 0 Å². The molecule has 0 radical (unpaired) electrons. The van der Waals surface area contributed by atoms with Crippen molar-refractivity contribution < 1.29 is 0 Å². The molecule has 0 aliphatic heterocycles. The van der Waals surface area contributed by atoms with Gasteiger partial charge < -0.3 is 19.6 Å². The molecule has 0 aliphatic rings. The summed E-state index contributed by atoms with van der Waals surface area (Å²) in [6, 6.07) is 191. The van der Waals surface area contributed by atoms with E-state index in [4.69, 9.17) is 0 Å². The summed E-state index contributed by atoms with van der Waals surface area (Å²) in [7, 11) is 0. The van der Waals surface area contributed by atoms with Gasteiger partial charge in [0.15, 0.2) is 0 Å². The lowest BCUT2D eigenvalue weighted by Crippen LogP contribution is -2.10. The van der Waals surface area contributed by atoms with Crippen LogP contribution in [0.3, 0.4) is 0 Å².